The third-order valence-electron chi connectivity index (χ3n) is 3.53. The number of ether oxygens (including phenoxy) is 1. The number of rotatable bonds is 5. The minimum absolute atomic E-state index is 0. The molecule has 0 saturated carbocycles. The van der Waals surface area contributed by atoms with Gasteiger partial charge in [-0.25, -0.2) is 8.78 Å². The van der Waals surface area contributed by atoms with Crippen LogP contribution in [0.5, 0.6) is 0 Å². The molecule has 124 valence electrons. The van der Waals surface area contributed by atoms with Crippen molar-refractivity contribution in [3.8, 4) is 0 Å². The summed E-state index contributed by atoms with van der Waals surface area (Å²) >= 11 is 0. The summed E-state index contributed by atoms with van der Waals surface area (Å²) in [6, 6.07) is 3.52. The van der Waals surface area contributed by atoms with Crippen LogP contribution in [-0.4, -0.2) is 38.3 Å². The molecular weight excluding hydrogens is 314 g/mol. The van der Waals surface area contributed by atoms with E-state index in [0.717, 1.165) is 12.6 Å². The van der Waals surface area contributed by atoms with Crippen LogP contribution in [0, 0.1) is 11.6 Å². The molecule has 0 radical (unpaired) electrons. The fourth-order valence-corrected chi connectivity index (χ4v) is 2.32. The highest BCUT2D eigenvalue weighted by molar-refractivity contribution is 5.85. The fraction of sp³-hybridized carbons (Fsp3) is 0.533. The molecular formula is C15H21ClF2N2O2. The van der Waals surface area contributed by atoms with Gasteiger partial charge in [-0.15, -0.1) is 12.4 Å². The van der Waals surface area contributed by atoms with Crippen molar-refractivity contribution in [2.24, 2.45) is 0 Å². The van der Waals surface area contributed by atoms with Gasteiger partial charge in [-0.1, -0.05) is 13.0 Å². The Balaban J connectivity index is 0.00000242. The Hall–Kier alpha value is -1.24. The molecule has 0 spiro atoms. The number of halogens is 3. The number of carbonyl (C=O) groups excluding carboxylic acids is 1. The number of nitrogens with one attached hydrogen (secondary N) is 2. The van der Waals surface area contributed by atoms with Gasteiger partial charge in [0.1, 0.15) is 11.6 Å². The van der Waals surface area contributed by atoms with Gasteiger partial charge >= 0.3 is 0 Å². The summed E-state index contributed by atoms with van der Waals surface area (Å²) in [6.45, 7) is 4.04. The number of hydrogen-bond donors (Lipinski definition) is 2. The molecule has 1 saturated heterocycles. The van der Waals surface area contributed by atoms with Gasteiger partial charge in [0.2, 0.25) is 5.91 Å². The quantitative estimate of drug-likeness (QED) is 0.866. The van der Waals surface area contributed by atoms with E-state index in [1.54, 1.807) is 6.92 Å². The molecule has 0 aliphatic carbocycles. The minimum Gasteiger partial charge on any atom is -0.378 e. The van der Waals surface area contributed by atoms with Gasteiger partial charge in [-0.05, 0) is 11.6 Å². The highest BCUT2D eigenvalue weighted by atomic mass is 35.5. The lowest BCUT2D eigenvalue weighted by atomic mass is 10.0. The second-order valence-corrected chi connectivity index (χ2v) is 5.30. The molecule has 2 rings (SSSR count). The van der Waals surface area contributed by atoms with Gasteiger partial charge in [-0.3, -0.25) is 4.79 Å². The van der Waals surface area contributed by atoms with Gasteiger partial charge in [0.15, 0.2) is 0 Å². The van der Waals surface area contributed by atoms with E-state index < -0.39 is 11.6 Å². The van der Waals surface area contributed by atoms with E-state index >= 15 is 0 Å². The van der Waals surface area contributed by atoms with Crippen molar-refractivity contribution in [1.82, 2.24) is 10.6 Å². The molecule has 1 amide bonds. The van der Waals surface area contributed by atoms with Crippen LogP contribution in [0.2, 0.25) is 0 Å². The van der Waals surface area contributed by atoms with Crippen molar-refractivity contribution in [1.29, 1.82) is 0 Å². The molecule has 0 aromatic heterocycles. The number of amides is 1. The summed E-state index contributed by atoms with van der Waals surface area (Å²) in [5.41, 5.74) is 0.399. The number of carbonyl (C=O) groups is 1. The smallest absolute Gasteiger partial charge is 0.221 e. The topological polar surface area (TPSA) is 50.4 Å². The lowest BCUT2D eigenvalue weighted by molar-refractivity contribution is -0.122. The second-order valence-electron chi connectivity index (χ2n) is 5.30. The zero-order valence-electron chi connectivity index (χ0n) is 12.4. The normalized spacial score (nSPS) is 19.1. The van der Waals surface area contributed by atoms with Gasteiger partial charge in [-0.2, -0.15) is 0 Å². The zero-order chi connectivity index (χ0) is 15.2. The van der Waals surface area contributed by atoms with Crippen LogP contribution >= 0.6 is 12.4 Å². The van der Waals surface area contributed by atoms with Gasteiger partial charge in [0.05, 0.1) is 13.2 Å². The molecule has 1 aromatic carbocycles. The third-order valence-corrected chi connectivity index (χ3v) is 3.53. The minimum atomic E-state index is -0.601. The van der Waals surface area contributed by atoms with Gasteiger partial charge in [0, 0.05) is 37.5 Å². The van der Waals surface area contributed by atoms with Crippen molar-refractivity contribution in [3.63, 3.8) is 0 Å². The Morgan fingerprint density at radius 2 is 2.27 bits per heavy atom. The molecule has 0 bridgehead atoms. The van der Waals surface area contributed by atoms with Crippen LogP contribution in [0.4, 0.5) is 8.78 Å². The van der Waals surface area contributed by atoms with E-state index in [9.17, 15) is 13.6 Å². The lowest BCUT2D eigenvalue weighted by Gasteiger charge is -2.23. The predicted octanol–water partition coefficient (Wildman–Crippen LogP) is 1.98. The first-order chi connectivity index (χ1) is 10.1. The van der Waals surface area contributed by atoms with Crippen molar-refractivity contribution >= 4 is 18.3 Å². The monoisotopic (exact) mass is 334 g/mol. The summed E-state index contributed by atoms with van der Waals surface area (Å²) in [6.07, 6.45) is 0.332. The summed E-state index contributed by atoms with van der Waals surface area (Å²) in [7, 11) is 0. The van der Waals surface area contributed by atoms with Crippen LogP contribution in [0.25, 0.3) is 0 Å². The Morgan fingerprint density at radius 3 is 2.91 bits per heavy atom. The van der Waals surface area contributed by atoms with E-state index in [2.05, 4.69) is 10.6 Å². The first-order valence-electron chi connectivity index (χ1n) is 7.09. The number of benzene rings is 1. The fourth-order valence-electron chi connectivity index (χ4n) is 2.32. The maximum atomic E-state index is 13.6. The van der Waals surface area contributed by atoms with Crippen LogP contribution < -0.4 is 10.6 Å². The van der Waals surface area contributed by atoms with Crippen LogP contribution in [0.3, 0.4) is 0 Å². The van der Waals surface area contributed by atoms with Crippen molar-refractivity contribution in [2.75, 3.05) is 26.3 Å². The van der Waals surface area contributed by atoms with Gasteiger partial charge < -0.3 is 15.4 Å². The Labute approximate surface area is 135 Å². The molecule has 1 aromatic rings. The van der Waals surface area contributed by atoms with E-state index in [4.69, 9.17) is 4.74 Å². The summed E-state index contributed by atoms with van der Waals surface area (Å²) in [4.78, 5) is 11.8. The molecule has 4 nitrogen and oxygen atoms in total. The number of morpholine rings is 1. The highest BCUT2D eigenvalue weighted by Gasteiger charge is 2.18. The van der Waals surface area contributed by atoms with Crippen LogP contribution in [-0.2, 0) is 9.53 Å². The van der Waals surface area contributed by atoms with Crippen molar-refractivity contribution in [3.05, 3.63) is 35.4 Å². The molecule has 22 heavy (non-hydrogen) atoms. The molecule has 1 aliphatic rings. The Kier molecular flexibility index (Phi) is 7.72. The summed E-state index contributed by atoms with van der Waals surface area (Å²) < 4.78 is 31.8. The van der Waals surface area contributed by atoms with E-state index in [0.29, 0.717) is 31.7 Å². The molecule has 1 heterocycles. The molecule has 2 N–H and O–H groups in total. The standard InChI is InChI=1S/C15H20F2N2O2.ClH/c1-10(13-3-2-11(16)6-14(13)17)8-19-15(20)7-12-9-21-5-4-18-12;/h2-3,6,10,12,18H,4-5,7-9H2,1H3,(H,19,20);1H. The maximum absolute atomic E-state index is 13.6. The van der Waals surface area contributed by atoms with Crippen molar-refractivity contribution in [2.45, 2.75) is 25.3 Å². The second kappa shape index (κ2) is 9.02. The molecule has 1 aliphatic heterocycles. The van der Waals surface area contributed by atoms with E-state index in [-0.39, 0.29) is 30.3 Å². The zero-order valence-corrected chi connectivity index (χ0v) is 13.2. The van der Waals surface area contributed by atoms with Crippen LogP contribution in [0.1, 0.15) is 24.8 Å². The molecule has 2 atom stereocenters. The largest absolute Gasteiger partial charge is 0.378 e. The number of hydrogen-bond acceptors (Lipinski definition) is 3. The molecule has 7 heteroatoms. The summed E-state index contributed by atoms with van der Waals surface area (Å²) in [5, 5.41) is 5.97. The maximum Gasteiger partial charge on any atom is 0.221 e. The first-order valence-corrected chi connectivity index (χ1v) is 7.09. The first kappa shape index (κ1) is 18.8. The Morgan fingerprint density at radius 1 is 1.50 bits per heavy atom. The average Bonchev–Trinajstić information content (AvgIpc) is 2.46. The predicted molar refractivity (Wildman–Crippen MR) is 82.3 cm³/mol. The summed E-state index contributed by atoms with van der Waals surface area (Å²) in [5.74, 6) is -1.51. The lowest BCUT2D eigenvalue weighted by Crippen LogP contribution is -2.44. The average molecular weight is 335 g/mol. The third kappa shape index (κ3) is 5.51. The molecule has 1 fully saturated rings. The van der Waals surface area contributed by atoms with E-state index in [1.165, 1.54) is 12.1 Å². The SMILES string of the molecule is CC(CNC(=O)CC1COCCN1)c1ccc(F)cc1F.Cl. The molecule has 2 unspecified atom stereocenters. The van der Waals surface area contributed by atoms with Crippen molar-refractivity contribution < 1.29 is 18.3 Å². The van der Waals surface area contributed by atoms with Crippen LogP contribution in [0.15, 0.2) is 18.2 Å². The highest BCUT2D eigenvalue weighted by Crippen LogP contribution is 2.19. The Bertz CT molecular complexity index is 496. The van der Waals surface area contributed by atoms with Gasteiger partial charge in [0.25, 0.3) is 0 Å². The van der Waals surface area contributed by atoms with E-state index in [1.807, 2.05) is 0 Å².